The van der Waals surface area contributed by atoms with Crippen LogP contribution in [0.15, 0.2) is 41.8 Å². The summed E-state index contributed by atoms with van der Waals surface area (Å²) < 4.78 is 4.82. The molecule has 6 heteroatoms. The van der Waals surface area contributed by atoms with E-state index in [0.717, 1.165) is 10.4 Å². The van der Waals surface area contributed by atoms with E-state index >= 15 is 0 Å². The molecule has 1 heterocycles. The van der Waals surface area contributed by atoms with Gasteiger partial charge < -0.3 is 15.4 Å². The van der Waals surface area contributed by atoms with Crippen LogP contribution in [0.3, 0.4) is 0 Å². The first-order chi connectivity index (χ1) is 11.6. The van der Waals surface area contributed by atoms with Crippen LogP contribution in [-0.4, -0.2) is 18.6 Å². The smallest absolute Gasteiger partial charge is 0.330 e. The number of carbonyl (C=O) groups excluding carboxylic acids is 2. The van der Waals surface area contributed by atoms with Crippen molar-refractivity contribution in [3.63, 3.8) is 0 Å². The zero-order chi connectivity index (χ0) is 17.4. The fourth-order valence-electron chi connectivity index (χ4n) is 1.95. The van der Waals surface area contributed by atoms with E-state index in [1.54, 1.807) is 36.5 Å². The van der Waals surface area contributed by atoms with E-state index < -0.39 is 0 Å². The van der Waals surface area contributed by atoms with Crippen molar-refractivity contribution in [2.24, 2.45) is 0 Å². The van der Waals surface area contributed by atoms with Gasteiger partial charge >= 0.3 is 12.0 Å². The molecule has 2 N–H and O–H groups in total. The third kappa shape index (κ3) is 5.55. The quantitative estimate of drug-likeness (QED) is 0.616. The van der Waals surface area contributed by atoms with Crippen molar-refractivity contribution in [1.82, 2.24) is 5.32 Å². The van der Waals surface area contributed by atoms with Crippen molar-refractivity contribution in [1.29, 1.82) is 0 Å². The van der Waals surface area contributed by atoms with Crippen LogP contribution >= 0.6 is 11.3 Å². The Morgan fingerprint density at radius 1 is 1.21 bits per heavy atom. The van der Waals surface area contributed by atoms with Gasteiger partial charge in [-0.15, -0.1) is 11.3 Å². The maximum atomic E-state index is 11.9. The minimum Gasteiger partial charge on any atom is -0.463 e. The molecule has 0 saturated heterocycles. The Balaban J connectivity index is 1.83. The Bertz CT molecular complexity index is 720. The molecule has 126 valence electrons. The predicted octanol–water partition coefficient (Wildman–Crippen LogP) is 3.95. The molecule has 0 radical (unpaired) electrons. The van der Waals surface area contributed by atoms with E-state index in [-0.39, 0.29) is 12.0 Å². The number of anilines is 1. The fourth-order valence-corrected chi connectivity index (χ4v) is 2.80. The molecule has 1 aromatic heterocycles. The lowest BCUT2D eigenvalue weighted by atomic mass is 10.2. The highest BCUT2D eigenvalue weighted by Gasteiger charge is 2.04. The van der Waals surface area contributed by atoms with Crippen LogP contribution in [0.1, 0.15) is 22.9 Å². The first kappa shape index (κ1) is 17.7. The molecule has 2 rings (SSSR count). The number of aryl methyl sites for hydroxylation is 1. The van der Waals surface area contributed by atoms with E-state index in [4.69, 9.17) is 4.74 Å². The highest BCUT2D eigenvalue weighted by Crippen LogP contribution is 2.15. The van der Waals surface area contributed by atoms with Crippen molar-refractivity contribution < 1.29 is 14.3 Å². The maximum Gasteiger partial charge on any atom is 0.330 e. The number of hydrogen-bond acceptors (Lipinski definition) is 4. The molecule has 24 heavy (non-hydrogen) atoms. The zero-order valence-electron chi connectivity index (χ0n) is 13.7. The SMILES string of the molecule is CCOC(=O)C=Cc1ccc(NC(=O)NCc2sccc2C)cc1. The lowest BCUT2D eigenvalue weighted by Crippen LogP contribution is -2.28. The van der Waals surface area contributed by atoms with Gasteiger partial charge in [-0.3, -0.25) is 0 Å². The second kappa shape index (κ2) is 8.88. The standard InChI is InChI=1S/C18H20N2O3S/c1-3-23-17(21)9-6-14-4-7-15(8-5-14)20-18(22)19-12-16-13(2)10-11-24-16/h4-11H,3,12H2,1-2H3,(H2,19,20,22). The van der Waals surface area contributed by atoms with Gasteiger partial charge in [0.1, 0.15) is 0 Å². The summed E-state index contributed by atoms with van der Waals surface area (Å²) in [5.74, 6) is -0.372. The number of rotatable bonds is 6. The van der Waals surface area contributed by atoms with Crippen LogP contribution in [0.25, 0.3) is 6.08 Å². The molecule has 5 nitrogen and oxygen atoms in total. The Morgan fingerprint density at radius 3 is 2.58 bits per heavy atom. The van der Waals surface area contributed by atoms with E-state index in [0.29, 0.717) is 18.8 Å². The molecule has 0 unspecified atom stereocenters. The maximum absolute atomic E-state index is 11.9. The minimum atomic E-state index is -0.372. The van der Waals surface area contributed by atoms with Crippen LogP contribution < -0.4 is 10.6 Å². The van der Waals surface area contributed by atoms with Crippen molar-refractivity contribution in [3.8, 4) is 0 Å². The van der Waals surface area contributed by atoms with E-state index in [1.165, 1.54) is 11.6 Å². The average molecular weight is 344 g/mol. The number of carbonyl (C=O) groups is 2. The van der Waals surface area contributed by atoms with E-state index in [1.807, 2.05) is 30.5 Å². The highest BCUT2D eigenvalue weighted by atomic mass is 32.1. The Hall–Kier alpha value is -2.60. The summed E-state index contributed by atoms with van der Waals surface area (Å²) in [4.78, 5) is 24.3. The third-order valence-electron chi connectivity index (χ3n) is 3.24. The number of amides is 2. The summed E-state index contributed by atoms with van der Waals surface area (Å²) in [5, 5.41) is 7.61. The molecule has 0 aliphatic heterocycles. The lowest BCUT2D eigenvalue weighted by Gasteiger charge is -2.07. The Labute approximate surface area is 145 Å². The molecule has 2 aromatic rings. The van der Waals surface area contributed by atoms with Crippen LogP contribution in [0.4, 0.5) is 10.5 Å². The Kier molecular flexibility index (Phi) is 6.57. The molecule has 0 spiro atoms. The molecule has 0 atom stereocenters. The summed E-state index contributed by atoms with van der Waals surface area (Å²) in [6, 6.07) is 8.96. The van der Waals surface area contributed by atoms with Gasteiger partial charge in [-0.2, -0.15) is 0 Å². The molecule has 0 aliphatic carbocycles. The van der Waals surface area contributed by atoms with Crippen LogP contribution in [0.5, 0.6) is 0 Å². The highest BCUT2D eigenvalue weighted by molar-refractivity contribution is 7.10. The number of thiophene rings is 1. The van der Waals surface area contributed by atoms with Crippen LogP contribution in [0.2, 0.25) is 0 Å². The fraction of sp³-hybridized carbons (Fsp3) is 0.222. The predicted molar refractivity (Wildman–Crippen MR) is 97.0 cm³/mol. The first-order valence-electron chi connectivity index (χ1n) is 7.61. The largest absolute Gasteiger partial charge is 0.463 e. The number of nitrogens with one attached hydrogen (secondary N) is 2. The number of ether oxygens (including phenoxy) is 1. The average Bonchev–Trinajstić information content (AvgIpc) is 2.98. The summed E-state index contributed by atoms with van der Waals surface area (Å²) >= 11 is 1.62. The van der Waals surface area contributed by atoms with Crippen molar-refractivity contribution in [3.05, 3.63) is 57.8 Å². The van der Waals surface area contributed by atoms with E-state index in [9.17, 15) is 9.59 Å². The molecule has 0 aliphatic rings. The molecule has 2 amide bonds. The zero-order valence-corrected chi connectivity index (χ0v) is 14.5. The number of esters is 1. The summed E-state index contributed by atoms with van der Waals surface area (Å²) in [5.41, 5.74) is 2.71. The van der Waals surface area contributed by atoms with Gasteiger partial charge in [0.2, 0.25) is 0 Å². The second-order valence-electron chi connectivity index (χ2n) is 5.04. The molecule has 0 bridgehead atoms. The molecular weight excluding hydrogens is 324 g/mol. The van der Waals surface area contributed by atoms with Gasteiger partial charge in [0.15, 0.2) is 0 Å². The number of urea groups is 1. The Morgan fingerprint density at radius 2 is 1.96 bits per heavy atom. The number of benzene rings is 1. The molecular formula is C18H20N2O3S. The van der Waals surface area contributed by atoms with Gasteiger partial charge in [0, 0.05) is 16.6 Å². The monoisotopic (exact) mass is 344 g/mol. The van der Waals surface area contributed by atoms with Crippen LogP contribution in [0, 0.1) is 6.92 Å². The van der Waals surface area contributed by atoms with E-state index in [2.05, 4.69) is 10.6 Å². The van der Waals surface area contributed by atoms with Crippen molar-refractivity contribution in [2.45, 2.75) is 20.4 Å². The normalized spacial score (nSPS) is 10.6. The minimum absolute atomic E-state index is 0.252. The molecule has 0 saturated carbocycles. The van der Waals surface area contributed by atoms with Gasteiger partial charge in [-0.25, -0.2) is 9.59 Å². The summed E-state index contributed by atoms with van der Waals surface area (Å²) in [6.45, 7) is 4.65. The van der Waals surface area contributed by atoms with Crippen molar-refractivity contribution >= 4 is 35.1 Å². The third-order valence-corrected chi connectivity index (χ3v) is 4.27. The van der Waals surface area contributed by atoms with Crippen LogP contribution in [-0.2, 0) is 16.1 Å². The van der Waals surface area contributed by atoms with Gasteiger partial charge in [0.05, 0.1) is 13.2 Å². The summed E-state index contributed by atoms with van der Waals surface area (Å²) in [6.07, 6.45) is 3.05. The van der Waals surface area contributed by atoms with Gasteiger partial charge in [-0.05, 0) is 54.6 Å². The van der Waals surface area contributed by atoms with Gasteiger partial charge in [-0.1, -0.05) is 12.1 Å². The summed E-state index contributed by atoms with van der Waals surface area (Å²) in [7, 11) is 0. The second-order valence-corrected chi connectivity index (χ2v) is 6.04. The van der Waals surface area contributed by atoms with Crippen molar-refractivity contribution in [2.75, 3.05) is 11.9 Å². The lowest BCUT2D eigenvalue weighted by molar-refractivity contribution is -0.137. The molecule has 0 fully saturated rings. The topological polar surface area (TPSA) is 67.4 Å². The first-order valence-corrected chi connectivity index (χ1v) is 8.49. The van der Waals surface area contributed by atoms with Gasteiger partial charge in [0.25, 0.3) is 0 Å². The number of hydrogen-bond donors (Lipinski definition) is 2. The molecule has 1 aromatic carbocycles.